The average Bonchev–Trinajstić information content (AvgIpc) is 1.69. The number of rotatable bonds is 0. The van der Waals surface area contributed by atoms with E-state index in [0.29, 0.717) is 0 Å². The molecule has 0 aliphatic heterocycles. The van der Waals surface area contributed by atoms with Gasteiger partial charge in [-0.05, 0) is 0 Å². The van der Waals surface area contributed by atoms with Crippen LogP contribution in [0.25, 0.3) is 0 Å². The van der Waals surface area contributed by atoms with Gasteiger partial charge in [0.2, 0.25) is 0 Å². The van der Waals surface area contributed by atoms with Gasteiger partial charge in [0.25, 0.3) is 0 Å². The van der Waals surface area contributed by atoms with Crippen LogP contribution in [0.4, 0.5) is 0 Å². The van der Waals surface area contributed by atoms with E-state index < -0.39 is 0 Å². The maximum Gasteiger partial charge on any atom is 1.00 e. The second-order valence-electron chi connectivity index (χ2n) is 1.41. The molecule has 4 heteroatoms. The van der Waals surface area contributed by atoms with Gasteiger partial charge in [-0.15, -0.1) is 0 Å². The van der Waals surface area contributed by atoms with E-state index in [0.717, 1.165) is 5.46 Å². The maximum absolute atomic E-state index is 5.36. The third-order valence-corrected chi connectivity index (χ3v) is 0.800. The first kappa shape index (κ1) is 16.7. The van der Waals surface area contributed by atoms with Crippen molar-refractivity contribution in [3.8, 4) is 0 Å². The Labute approximate surface area is 85.4 Å². The fourth-order valence-electron chi connectivity index (χ4n) is 0.453. The molecule has 10 heavy (non-hydrogen) atoms. The zero-order chi connectivity index (χ0) is 5.11. The summed E-state index contributed by atoms with van der Waals surface area (Å²) in [5, 5.41) is 0. The van der Waals surface area contributed by atoms with Crippen LogP contribution in [-0.4, -0.2) is 18.8 Å². The molecule has 2 nitrogen and oxygen atoms in total. The van der Waals surface area contributed by atoms with Gasteiger partial charge < -0.3 is 12.4 Å². The molecule has 0 bridgehead atoms. The van der Waals surface area contributed by atoms with Gasteiger partial charge in [-0.1, -0.05) is 35.8 Å². The number of hydrogen-bond donors (Lipinski definition) is 0. The summed E-state index contributed by atoms with van der Waals surface area (Å²) in [6.07, 6.45) is 0. The minimum absolute atomic E-state index is 0. The number of benzene rings is 1. The monoisotopic (exact) mass is 148 g/mol. The molecule has 0 saturated heterocycles. The number of hydrogen-bond acceptors (Lipinski definition) is 0. The molecule has 0 spiro atoms. The van der Waals surface area contributed by atoms with Crippen LogP contribution in [0.3, 0.4) is 0 Å². The molecule has 0 aromatic heterocycles. The molecule has 1 aromatic rings. The Morgan fingerprint density at radius 1 is 1.00 bits per heavy atom. The molecular weight excluding hydrogens is 138 g/mol. The van der Waals surface area contributed by atoms with E-state index >= 15 is 0 Å². The topological polar surface area (TPSA) is 63.0 Å². The molecule has 0 fully saturated rings. The van der Waals surface area contributed by atoms with Crippen molar-refractivity contribution in [3.05, 3.63) is 30.3 Å². The first-order valence-corrected chi connectivity index (χ1v) is 2.20. The van der Waals surface area contributed by atoms with Gasteiger partial charge in [0, 0.05) is 0 Å². The van der Waals surface area contributed by atoms with Gasteiger partial charge in [0.15, 0.2) is 0 Å². The van der Waals surface area contributed by atoms with Gasteiger partial charge in [0.1, 0.15) is 7.85 Å². The summed E-state index contributed by atoms with van der Waals surface area (Å²) in [4.78, 5) is 0. The molecule has 0 unspecified atom stereocenters. The molecule has 0 heterocycles. The normalized spacial score (nSPS) is 6.00. The molecular formula is C6H10BNaO2. The second kappa shape index (κ2) is 9.20. The van der Waals surface area contributed by atoms with Crippen molar-refractivity contribution in [2.75, 3.05) is 0 Å². The molecule has 0 atom stereocenters. The molecule has 0 aliphatic rings. The van der Waals surface area contributed by atoms with Crippen molar-refractivity contribution in [2.45, 2.75) is 0 Å². The van der Waals surface area contributed by atoms with Crippen LogP contribution in [0.2, 0.25) is 0 Å². The zero-order valence-electron chi connectivity index (χ0n) is 6.96. The Morgan fingerprint density at radius 3 is 1.60 bits per heavy atom. The van der Waals surface area contributed by atoms with Crippen molar-refractivity contribution in [1.82, 2.24) is 0 Å². The van der Waals surface area contributed by atoms with E-state index in [-0.39, 0.29) is 41.9 Å². The van der Waals surface area contributed by atoms with Crippen LogP contribution in [0, 0.1) is 0 Å². The van der Waals surface area contributed by atoms with Crippen molar-refractivity contribution >= 4 is 13.3 Å². The van der Waals surface area contributed by atoms with Gasteiger partial charge in [0.05, 0.1) is 0 Å². The fraction of sp³-hybridized carbons (Fsp3) is 0. The molecule has 4 N–H and O–H groups in total. The predicted octanol–water partition coefficient (Wildman–Crippen LogP) is -4.05. The van der Waals surface area contributed by atoms with Crippen LogP contribution in [0.5, 0.6) is 0 Å². The van der Waals surface area contributed by atoms with Crippen molar-refractivity contribution in [2.24, 2.45) is 0 Å². The van der Waals surface area contributed by atoms with Gasteiger partial charge in [-0.3, -0.25) is 0 Å². The summed E-state index contributed by atoms with van der Waals surface area (Å²) >= 11 is 0. The van der Waals surface area contributed by atoms with Gasteiger partial charge >= 0.3 is 29.6 Å². The predicted molar refractivity (Wildman–Crippen MR) is 40.2 cm³/mol. The quantitative estimate of drug-likeness (QED) is 0.336. The first-order chi connectivity index (χ1) is 3.39. The van der Waals surface area contributed by atoms with E-state index in [1.807, 2.05) is 30.3 Å². The third kappa shape index (κ3) is 6.33. The average molecular weight is 148 g/mol. The van der Waals surface area contributed by atoms with Crippen molar-refractivity contribution in [3.63, 3.8) is 0 Å². The summed E-state index contributed by atoms with van der Waals surface area (Å²) in [6.45, 7) is 0. The maximum atomic E-state index is 5.36. The molecule has 1 aromatic carbocycles. The Hall–Kier alpha value is 0.205. The Morgan fingerprint density at radius 2 is 1.40 bits per heavy atom. The summed E-state index contributed by atoms with van der Waals surface area (Å²) in [5.74, 6) is 0. The Bertz CT molecular complexity index is 151. The summed E-state index contributed by atoms with van der Waals surface area (Å²) < 4.78 is 0. The smallest absolute Gasteiger partial charge is 1.00 e. The van der Waals surface area contributed by atoms with Gasteiger partial charge in [-0.2, -0.15) is 0 Å². The minimum atomic E-state index is 0. The molecule has 0 aliphatic carbocycles. The molecule has 1 rings (SSSR count). The van der Waals surface area contributed by atoms with E-state index in [9.17, 15) is 0 Å². The van der Waals surface area contributed by atoms with E-state index in [1.165, 1.54) is 0 Å². The molecule has 0 amide bonds. The van der Waals surface area contributed by atoms with E-state index in [1.54, 1.807) is 0 Å². The summed E-state index contributed by atoms with van der Waals surface area (Å²) in [6, 6.07) is 9.49. The van der Waals surface area contributed by atoms with Crippen LogP contribution in [0.1, 0.15) is 1.43 Å². The Kier molecular flexibility index (Phi) is 15.3. The second-order valence-corrected chi connectivity index (χ2v) is 1.41. The summed E-state index contributed by atoms with van der Waals surface area (Å²) in [7, 11) is 5.36. The van der Waals surface area contributed by atoms with E-state index in [2.05, 4.69) is 0 Å². The van der Waals surface area contributed by atoms with Crippen molar-refractivity contribution < 1.29 is 41.9 Å². The third-order valence-electron chi connectivity index (χ3n) is 0.800. The molecule has 0 saturated carbocycles. The standard InChI is InChI=1S/C6H5B.Na.2H2O.H/c7-6-4-2-1-3-5-6;;;;/h1-5H;;2*1H2;/q;+1;;;-1. The van der Waals surface area contributed by atoms with Crippen LogP contribution >= 0.6 is 0 Å². The van der Waals surface area contributed by atoms with Crippen LogP contribution < -0.4 is 35.0 Å². The van der Waals surface area contributed by atoms with Crippen LogP contribution in [0.15, 0.2) is 30.3 Å². The largest absolute Gasteiger partial charge is 1.00 e. The van der Waals surface area contributed by atoms with Gasteiger partial charge in [-0.25, -0.2) is 0 Å². The van der Waals surface area contributed by atoms with Crippen molar-refractivity contribution in [1.29, 1.82) is 0 Å². The molecule has 50 valence electrons. The summed E-state index contributed by atoms with van der Waals surface area (Å²) in [5.41, 5.74) is 0.822. The Balaban J connectivity index is -0.0000000612. The van der Waals surface area contributed by atoms with Crippen LogP contribution in [-0.2, 0) is 0 Å². The fourth-order valence-corrected chi connectivity index (χ4v) is 0.453. The zero-order valence-corrected chi connectivity index (χ0v) is 7.96. The SMILES string of the molecule is O.O.[B]c1ccccc1.[H-].[Na+]. The minimum Gasteiger partial charge on any atom is -1.00 e. The first-order valence-electron chi connectivity index (χ1n) is 2.20. The van der Waals surface area contributed by atoms with E-state index in [4.69, 9.17) is 7.85 Å². The molecule has 2 radical (unpaired) electrons.